The van der Waals surface area contributed by atoms with Gasteiger partial charge in [0.15, 0.2) is 5.12 Å². The molecule has 0 saturated heterocycles. The number of allylic oxidation sites excluding steroid dienone is 4. The molecule has 0 amide bonds. The minimum absolute atomic E-state index is 0.178. The topological polar surface area (TPSA) is 77.8 Å². The van der Waals surface area contributed by atoms with Crippen molar-refractivity contribution >= 4 is 16.9 Å². The molecule has 0 aromatic rings. The largest absolute Gasteiger partial charge is 0.388 e. The van der Waals surface area contributed by atoms with Gasteiger partial charge >= 0.3 is 0 Å². The zero-order chi connectivity index (χ0) is 26.8. The van der Waals surface area contributed by atoms with Crippen LogP contribution in [0.4, 0.5) is 0 Å². The molecule has 0 unspecified atom stereocenters. The highest BCUT2D eigenvalue weighted by molar-refractivity contribution is 8.13. The van der Waals surface area contributed by atoms with Crippen LogP contribution in [-0.4, -0.2) is 44.5 Å². The van der Waals surface area contributed by atoms with Gasteiger partial charge in [0.1, 0.15) is 0 Å². The molecule has 4 aliphatic carbocycles. The third-order valence-electron chi connectivity index (χ3n) is 10.1. The van der Waals surface area contributed by atoms with E-state index in [2.05, 4.69) is 45.6 Å². The summed E-state index contributed by atoms with van der Waals surface area (Å²) < 4.78 is 0. The first-order chi connectivity index (χ1) is 17.6. The number of hydrogen-bond donors (Lipinski definition) is 3. The molecule has 5 heteroatoms. The Balaban J connectivity index is 1.40. The van der Waals surface area contributed by atoms with Gasteiger partial charge in [-0.15, -0.1) is 0 Å². The molecule has 0 heterocycles. The molecule has 0 aromatic carbocycles. The fourth-order valence-corrected chi connectivity index (χ4v) is 8.61. The maximum Gasteiger partial charge on any atom is 0.198 e. The van der Waals surface area contributed by atoms with Crippen LogP contribution in [-0.2, 0) is 4.79 Å². The SMILES string of the molecule is C=C1[C@H](O)CC(=CC=C2CCC[C@]3(C)[C@@H]([C@H](C)C=C[C@@H](O)C4(C(=O)SCCCC)CC4)CC[C@@H]23)C[C@H]1O. The van der Waals surface area contributed by atoms with Crippen molar-refractivity contribution in [1.82, 2.24) is 0 Å². The van der Waals surface area contributed by atoms with E-state index in [1.54, 1.807) is 0 Å². The molecule has 0 radical (unpaired) electrons. The lowest BCUT2D eigenvalue weighted by molar-refractivity contribution is -0.118. The summed E-state index contributed by atoms with van der Waals surface area (Å²) in [6.45, 7) is 10.7. The normalized spacial score (nSPS) is 36.0. The third-order valence-corrected chi connectivity index (χ3v) is 11.2. The summed E-state index contributed by atoms with van der Waals surface area (Å²) in [5.74, 6) is 2.33. The highest BCUT2D eigenvalue weighted by Crippen LogP contribution is 2.60. The van der Waals surface area contributed by atoms with Gasteiger partial charge in [0, 0.05) is 5.75 Å². The van der Waals surface area contributed by atoms with E-state index in [0.717, 1.165) is 43.4 Å². The Labute approximate surface area is 228 Å². The summed E-state index contributed by atoms with van der Waals surface area (Å²) in [6.07, 6.45) is 17.4. The molecule has 0 spiro atoms. The molecule has 4 fully saturated rings. The number of carbonyl (C=O) groups is 1. The fraction of sp³-hybridized carbons (Fsp3) is 0.719. The van der Waals surface area contributed by atoms with Crippen molar-refractivity contribution < 1.29 is 20.1 Å². The molecule has 0 aliphatic heterocycles. The predicted octanol–water partition coefficient (Wildman–Crippen LogP) is 6.52. The minimum atomic E-state index is -0.674. The van der Waals surface area contributed by atoms with Crippen LogP contribution in [0, 0.1) is 28.6 Å². The van der Waals surface area contributed by atoms with E-state index in [9.17, 15) is 20.1 Å². The van der Waals surface area contributed by atoms with Crippen molar-refractivity contribution in [1.29, 1.82) is 0 Å². The van der Waals surface area contributed by atoms with Crippen molar-refractivity contribution in [3.63, 3.8) is 0 Å². The Bertz CT molecular complexity index is 928. The maximum atomic E-state index is 12.8. The fourth-order valence-electron chi connectivity index (χ4n) is 7.38. The molecular formula is C32H48O4S. The van der Waals surface area contributed by atoms with Gasteiger partial charge in [-0.1, -0.05) is 81.0 Å². The molecule has 4 saturated carbocycles. The molecule has 4 rings (SSSR count). The lowest BCUT2D eigenvalue weighted by Gasteiger charge is -2.44. The standard InChI is InChI=1S/C32H48O4S/c1-5-6-18-37-30(36)32(16-17-32)29(35)14-9-21(2)25-12-13-26-24(8-7-15-31(25,26)4)11-10-23-19-27(33)22(3)28(34)20-23/h9-11,14,21,25-29,33-35H,3,5-8,12-13,15-20H2,1-2,4H3/t21-,25-,26+,27-,28-,29-,31-/m1/s1. The van der Waals surface area contributed by atoms with Crippen molar-refractivity contribution in [2.24, 2.45) is 28.6 Å². The molecule has 0 aromatic heterocycles. The second kappa shape index (κ2) is 11.9. The van der Waals surface area contributed by atoms with Crippen LogP contribution in [0.3, 0.4) is 0 Å². The smallest absolute Gasteiger partial charge is 0.198 e. The Hall–Kier alpha value is -1.14. The molecule has 4 aliphatic rings. The van der Waals surface area contributed by atoms with E-state index >= 15 is 0 Å². The molecule has 37 heavy (non-hydrogen) atoms. The molecule has 3 N–H and O–H groups in total. The van der Waals surface area contributed by atoms with E-state index in [4.69, 9.17) is 0 Å². The second-order valence-corrected chi connectivity index (χ2v) is 13.6. The van der Waals surface area contributed by atoms with Gasteiger partial charge in [0.25, 0.3) is 0 Å². The Morgan fingerprint density at radius 1 is 1.14 bits per heavy atom. The zero-order valence-corrected chi connectivity index (χ0v) is 23.9. The summed E-state index contributed by atoms with van der Waals surface area (Å²) >= 11 is 1.41. The summed E-state index contributed by atoms with van der Waals surface area (Å²) in [5.41, 5.74) is 2.84. The van der Waals surface area contributed by atoms with Crippen molar-refractivity contribution in [2.45, 2.75) is 110 Å². The summed E-state index contributed by atoms with van der Waals surface area (Å²) in [6, 6.07) is 0. The lowest BCUT2D eigenvalue weighted by atomic mass is 9.61. The van der Waals surface area contributed by atoms with Crippen LogP contribution in [0.1, 0.15) is 91.4 Å². The van der Waals surface area contributed by atoms with Crippen LogP contribution >= 0.6 is 11.8 Å². The van der Waals surface area contributed by atoms with Crippen LogP contribution in [0.5, 0.6) is 0 Å². The number of unbranched alkanes of at least 4 members (excludes halogenated alkanes) is 1. The molecule has 0 bridgehead atoms. The van der Waals surface area contributed by atoms with E-state index in [1.165, 1.54) is 43.0 Å². The average Bonchev–Trinajstić information content (AvgIpc) is 3.60. The van der Waals surface area contributed by atoms with E-state index in [-0.39, 0.29) is 10.5 Å². The van der Waals surface area contributed by atoms with E-state index < -0.39 is 23.7 Å². The van der Waals surface area contributed by atoms with Gasteiger partial charge < -0.3 is 15.3 Å². The highest BCUT2D eigenvalue weighted by atomic mass is 32.2. The second-order valence-electron chi connectivity index (χ2n) is 12.5. The number of carbonyl (C=O) groups excluding carboxylic acids is 1. The zero-order valence-electron chi connectivity index (χ0n) is 23.1. The number of fused-ring (bicyclic) bond motifs is 1. The van der Waals surface area contributed by atoms with Gasteiger partial charge in [-0.05, 0) is 93.0 Å². The average molecular weight is 529 g/mol. The van der Waals surface area contributed by atoms with Crippen LogP contribution in [0.15, 0.2) is 47.6 Å². The minimum Gasteiger partial charge on any atom is -0.388 e. The first-order valence-electron chi connectivity index (χ1n) is 14.6. The molecular weight excluding hydrogens is 480 g/mol. The highest BCUT2D eigenvalue weighted by Gasteiger charge is 2.54. The third kappa shape index (κ3) is 6.05. The van der Waals surface area contributed by atoms with Gasteiger partial charge in [-0.3, -0.25) is 4.79 Å². The quantitative estimate of drug-likeness (QED) is 0.235. The van der Waals surface area contributed by atoms with Gasteiger partial charge in [0.2, 0.25) is 0 Å². The summed E-state index contributed by atoms with van der Waals surface area (Å²) in [4.78, 5) is 12.8. The lowest BCUT2D eigenvalue weighted by Crippen LogP contribution is -2.35. The van der Waals surface area contributed by atoms with Crippen molar-refractivity contribution in [2.75, 3.05) is 5.75 Å². The Kier molecular flexibility index (Phi) is 9.31. The van der Waals surface area contributed by atoms with Gasteiger partial charge in [-0.25, -0.2) is 0 Å². The number of thioether (sulfide) groups is 1. The summed E-state index contributed by atoms with van der Waals surface area (Å²) in [7, 11) is 0. The number of hydrogen-bond acceptors (Lipinski definition) is 5. The van der Waals surface area contributed by atoms with Crippen molar-refractivity contribution in [3.8, 4) is 0 Å². The van der Waals surface area contributed by atoms with Crippen molar-refractivity contribution in [3.05, 3.63) is 47.6 Å². The Morgan fingerprint density at radius 3 is 2.49 bits per heavy atom. The Morgan fingerprint density at radius 2 is 1.84 bits per heavy atom. The molecule has 206 valence electrons. The van der Waals surface area contributed by atoms with Crippen LogP contribution < -0.4 is 0 Å². The summed E-state index contributed by atoms with van der Waals surface area (Å²) in [5, 5.41) is 31.5. The van der Waals surface area contributed by atoms with Crippen LogP contribution in [0.25, 0.3) is 0 Å². The predicted molar refractivity (Wildman–Crippen MR) is 153 cm³/mol. The van der Waals surface area contributed by atoms with Gasteiger partial charge in [0.05, 0.1) is 23.7 Å². The number of aliphatic hydroxyl groups is 3. The molecule has 7 atom stereocenters. The first-order valence-corrected chi connectivity index (χ1v) is 15.6. The molecule has 4 nitrogen and oxygen atoms in total. The van der Waals surface area contributed by atoms with E-state index in [0.29, 0.717) is 36.2 Å². The first kappa shape index (κ1) is 28.9. The number of aliphatic hydroxyl groups excluding tert-OH is 3. The number of rotatable bonds is 9. The monoisotopic (exact) mass is 528 g/mol. The van der Waals surface area contributed by atoms with Crippen LogP contribution in [0.2, 0.25) is 0 Å². The maximum absolute atomic E-state index is 12.8. The van der Waals surface area contributed by atoms with Gasteiger partial charge in [-0.2, -0.15) is 0 Å². The van der Waals surface area contributed by atoms with E-state index in [1.807, 2.05) is 6.08 Å².